The normalized spacial score (nSPS) is 10.6. The molecule has 0 fully saturated rings. The van der Waals surface area contributed by atoms with E-state index in [9.17, 15) is 4.79 Å². The van der Waals surface area contributed by atoms with Crippen LogP contribution in [-0.4, -0.2) is 17.4 Å². The van der Waals surface area contributed by atoms with Gasteiger partial charge in [-0.1, -0.05) is 30.7 Å². The van der Waals surface area contributed by atoms with Gasteiger partial charge >= 0.3 is 0 Å². The van der Waals surface area contributed by atoms with Gasteiger partial charge in [-0.25, -0.2) is 4.98 Å². The average molecular weight is 310 g/mol. The Bertz CT molecular complexity index is 610. The van der Waals surface area contributed by atoms with E-state index >= 15 is 0 Å². The molecule has 0 amide bonds. The second-order valence-electron chi connectivity index (χ2n) is 4.32. The molecule has 0 radical (unpaired) electrons. The number of thiazole rings is 1. The second-order valence-corrected chi connectivity index (χ2v) is 5.81. The molecule has 0 atom stereocenters. The van der Waals surface area contributed by atoms with E-state index in [1.54, 1.807) is 13.0 Å². The maximum absolute atomic E-state index is 11.5. The van der Waals surface area contributed by atoms with Crippen molar-refractivity contribution in [3.63, 3.8) is 0 Å². The number of para-hydroxylation sites is 1. The molecule has 0 spiro atoms. The number of hydrogen-bond donors (Lipinski definition) is 0. The number of rotatable bonds is 6. The van der Waals surface area contributed by atoms with Crippen LogP contribution in [0.3, 0.4) is 0 Å². The van der Waals surface area contributed by atoms with Gasteiger partial charge in [-0.15, -0.1) is 11.3 Å². The monoisotopic (exact) mass is 309 g/mol. The Morgan fingerprint density at radius 2 is 2.15 bits per heavy atom. The number of nitrogens with zero attached hydrogens (tertiary/aromatic N) is 1. The van der Waals surface area contributed by atoms with Crippen molar-refractivity contribution < 1.29 is 9.53 Å². The third kappa shape index (κ3) is 3.58. The van der Waals surface area contributed by atoms with Crippen LogP contribution in [0.2, 0.25) is 5.02 Å². The summed E-state index contributed by atoms with van der Waals surface area (Å²) in [6, 6.07) is 7.38. The van der Waals surface area contributed by atoms with Gasteiger partial charge < -0.3 is 4.74 Å². The Kier molecular flexibility index (Phi) is 5.15. The molecule has 1 aromatic heterocycles. The standard InChI is InChI=1S/C15H16ClNO2S/c1-3-12-15(10(2)18)20-14(17-12)8-9-19-13-7-5-4-6-11(13)16/h4-7H,3,8-9H2,1-2H3. The van der Waals surface area contributed by atoms with Gasteiger partial charge in [0.1, 0.15) is 5.75 Å². The summed E-state index contributed by atoms with van der Waals surface area (Å²) in [5.74, 6) is 0.755. The first-order valence-corrected chi connectivity index (χ1v) is 7.68. The van der Waals surface area contributed by atoms with Crippen LogP contribution < -0.4 is 4.74 Å². The number of ketones is 1. The molecule has 0 aliphatic carbocycles. The fourth-order valence-corrected chi connectivity index (χ4v) is 3.05. The van der Waals surface area contributed by atoms with Crippen LogP contribution >= 0.6 is 22.9 Å². The highest BCUT2D eigenvalue weighted by Crippen LogP contribution is 2.24. The lowest BCUT2D eigenvalue weighted by atomic mass is 10.2. The minimum atomic E-state index is 0.0811. The molecule has 0 aliphatic heterocycles. The smallest absolute Gasteiger partial charge is 0.171 e. The number of benzene rings is 1. The van der Waals surface area contributed by atoms with E-state index in [0.717, 1.165) is 22.0 Å². The van der Waals surface area contributed by atoms with Crippen LogP contribution in [0.25, 0.3) is 0 Å². The van der Waals surface area contributed by atoms with Crippen molar-refractivity contribution in [3.8, 4) is 5.75 Å². The summed E-state index contributed by atoms with van der Waals surface area (Å²) in [5.41, 5.74) is 0.884. The molecule has 0 saturated heterocycles. The van der Waals surface area contributed by atoms with Crippen molar-refractivity contribution >= 4 is 28.7 Å². The van der Waals surface area contributed by atoms with Crippen molar-refractivity contribution in [1.82, 2.24) is 4.98 Å². The molecule has 2 rings (SSSR count). The quantitative estimate of drug-likeness (QED) is 0.751. The highest BCUT2D eigenvalue weighted by atomic mass is 35.5. The van der Waals surface area contributed by atoms with Gasteiger partial charge in [0.15, 0.2) is 5.78 Å². The van der Waals surface area contributed by atoms with E-state index in [-0.39, 0.29) is 5.78 Å². The van der Waals surface area contributed by atoms with Gasteiger partial charge in [-0.3, -0.25) is 4.79 Å². The first-order chi connectivity index (χ1) is 9.61. The summed E-state index contributed by atoms with van der Waals surface area (Å²) in [6.07, 6.45) is 1.45. The lowest BCUT2D eigenvalue weighted by Crippen LogP contribution is -2.01. The Balaban J connectivity index is 1.98. The lowest BCUT2D eigenvalue weighted by molar-refractivity contribution is 0.102. The number of aromatic nitrogens is 1. The molecular formula is C15H16ClNO2S. The summed E-state index contributed by atoms with van der Waals surface area (Å²) >= 11 is 7.47. The molecule has 0 bridgehead atoms. The van der Waals surface area contributed by atoms with Crippen molar-refractivity contribution in [3.05, 3.63) is 44.9 Å². The van der Waals surface area contributed by atoms with Gasteiger partial charge in [-0.05, 0) is 18.6 Å². The Morgan fingerprint density at radius 3 is 2.75 bits per heavy atom. The van der Waals surface area contributed by atoms with E-state index in [2.05, 4.69) is 4.98 Å². The third-order valence-electron chi connectivity index (χ3n) is 2.81. The number of Topliss-reactive ketones (excluding diaryl/α,β-unsaturated/α-hetero) is 1. The molecule has 0 saturated carbocycles. The Hall–Kier alpha value is -1.39. The predicted octanol–water partition coefficient (Wildman–Crippen LogP) is 4.18. The van der Waals surface area contributed by atoms with Gasteiger partial charge in [0.25, 0.3) is 0 Å². The highest BCUT2D eigenvalue weighted by molar-refractivity contribution is 7.13. The highest BCUT2D eigenvalue weighted by Gasteiger charge is 2.13. The zero-order valence-corrected chi connectivity index (χ0v) is 13.1. The molecule has 1 heterocycles. The number of hydrogen-bond acceptors (Lipinski definition) is 4. The van der Waals surface area contributed by atoms with E-state index in [1.165, 1.54) is 11.3 Å². The van der Waals surface area contributed by atoms with Crippen molar-refractivity contribution in [1.29, 1.82) is 0 Å². The maximum Gasteiger partial charge on any atom is 0.171 e. The van der Waals surface area contributed by atoms with Gasteiger partial charge in [0.2, 0.25) is 0 Å². The minimum Gasteiger partial charge on any atom is -0.492 e. The van der Waals surface area contributed by atoms with Crippen LogP contribution in [0.5, 0.6) is 5.75 Å². The summed E-state index contributed by atoms with van der Waals surface area (Å²) in [5, 5.41) is 1.53. The molecule has 0 N–H and O–H groups in total. The number of halogens is 1. The van der Waals surface area contributed by atoms with Gasteiger partial charge in [0.05, 0.1) is 27.2 Å². The number of aryl methyl sites for hydroxylation is 1. The zero-order chi connectivity index (χ0) is 14.5. The van der Waals surface area contributed by atoms with Crippen molar-refractivity contribution in [2.24, 2.45) is 0 Å². The number of carbonyl (C=O) groups is 1. The molecule has 106 valence electrons. The van der Waals surface area contributed by atoms with Gasteiger partial charge in [-0.2, -0.15) is 0 Å². The Labute approximate surface area is 127 Å². The summed E-state index contributed by atoms with van der Waals surface area (Å²) in [6.45, 7) is 4.08. The molecular weight excluding hydrogens is 294 g/mol. The van der Waals surface area contributed by atoms with Crippen molar-refractivity contribution in [2.45, 2.75) is 26.7 Å². The molecule has 3 nitrogen and oxygen atoms in total. The fourth-order valence-electron chi connectivity index (χ4n) is 1.83. The van der Waals surface area contributed by atoms with Crippen molar-refractivity contribution in [2.75, 3.05) is 6.61 Å². The van der Waals surface area contributed by atoms with E-state index < -0.39 is 0 Å². The fraction of sp³-hybridized carbons (Fsp3) is 0.333. The zero-order valence-electron chi connectivity index (χ0n) is 11.5. The third-order valence-corrected chi connectivity index (χ3v) is 4.38. The summed E-state index contributed by atoms with van der Waals surface area (Å²) < 4.78 is 5.63. The van der Waals surface area contributed by atoms with E-state index in [4.69, 9.17) is 16.3 Å². The lowest BCUT2D eigenvalue weighted by Gasteiger charge is -2.06. The summed E-state index contributed by atoms with van der Waals surface area (Å²) in [4.78, 5) is 16.8. The molecule has 20 heavy (non-hydrogen) atoms. The second kappa shape index (κ2) is 6.86. The van der Waals surface area contributed by atoms with Crippen LogP contribution in [0, 0.1) is 0 Å². The molecule has 0 aliphatic rings. The van der Waals surface area contributed by atoms with Crippen LogP contribution in [0.15, 0.2) is 24.3 Å². The Morgan fingerprint density at radius 1 is 1.40 bits per heavy atom. The molecule has 2 aromatic rings. The largest absolute Gasteiger partial charge is 0.492 e. The first kappa shape index (κ1) is 15.0. The van der Waals surface area contributed by atoms with Crippen LogP contribution in [-0.2, 0) is 12.8 Å². The average Bonchev–Trinajstić information content (AvgIpc) is 2.84. The molecule has 1 aromatic carbocycles. The predicted molar refractivity (Wildman–Crippen MR) is 82.1 cm³/mol. The van der Waals surface area contributed by atoms with Crippen LogP contribution in [0.4, 0.5) is 0 Å². The SMILES string of the molecule is CCc1nc(CCOc2ccccc2Cl)sc1C(C)=O. The van der Waals surface area contributed by atoms with E-state index in [0.29, 0.717) is 23.8 Å². The van der Waals surface area contributed by atoms with E-state index in [1.807, 2.05) is 25.1 Å². The summed E-state index contributed by atoms with van der Waals surface area (Å²) in [7, 11) is 0. The molecule has 0 unspecified atom stereocenters. The maximum atomic E-state index is 11.5. The first-order valence-electron chi connectivity index (χ1n) is 6.48. The van der Waals surface area contributed by atoms with Crippen LogP contribution in [0.1, 0.15) is 34.2 Å². The minimum absolute atomic E-state index is 0.0811. The topological polar surface area (TPSA) is 39.2 Å². The molecule has 5 heteroatoms. The number of ether oxygens (including phenoxy) is 1. The van der Waals surface area contributed by atoms with Gasteiger partial charge in [0, 0.05) is 13.3 Å². The number of carbonyl (C=O) groups excluding carboxylic acids is 1.